The fraction of sp³-hybridized carbons (Fsp3) is 0.250. The molecule has 9 heterocycles. The highest BCUT2D eigenvalue weighted by atomic mass is 35.5. The molecule has 0 bridgehead atoms. The van der Waals surface area contributed by atoms with Crippen LogP contribution >= 0.6 is 68.8 Å². The van der Waals surface area contributed by atoms with E-state index in [0.29, 0.717) is 26.2 Å². The van der Waals surface area contributed by atoms with Crippen molar-refractivity contribution >= 4 is 145 Å². The number of hydrogen-bond acceptors (Lipinski definition) is 19. The average Bonchev–Trinajstić information content (AvgIpc) is 1.30. The summed E-state index contributed by atoms with van der Waals surface area (Å²) in [6, 6.07) is 53.4. The van der Waals surface area contributed by atoms with E-state index >= 15 is 0 Å². The first-order chi connectivity index (χ1) is 61.8. The lowest BCUT2D eigenvalue weighted by atomic mass is 9.91. The fourth-order valence-corrected chi connectivity index (χ4v) is 20.4. The SMILES string of the molecule is CCOC(=O)[C@@H](OC(C)(C)C)c1c(C)cc2nc(-c3ccnc(-c4cc(C)c5c(c4)C=NC5)c3)sc2c1-c1ccc(Cl)cc1.Cc1cc2nc(-c3ccnc(-c4cc(C)c5c(cnn5C)c4)c3)sc2c(-c2ccc(Cl)cc2)c1[C@H](OC(C)(C)C)C(=O)O.Cc1cc2nc(-c3ccnc(-c4cc(C)c5nn(C)cc5c4)c3)sc2c(-c2ccc(Cl)cc2)c1[C@H](OC(C)(C)C)C(=O)O. The highest BCUT2D eigenvalue weighted by Gasteiger charge is 2.37. The number of pyridine rings is 3. The first-order valence-corrected chi connectivity index (χ1v) is 46.0. The fourth-order valence-electron chi connectivity index (χ4n) is 16.7. The zero-order valence-corrected chi connectivity index (χ0v) is 79.9. The number of aryl methyl sites for hydroxylation is 8. The molecule has 0 spiro atoms. The van der Waals surface area contributed by atoms with Gasteiger partial charge in [0.2, 0.25) is 0 Å². The molecule has 130 heavy (non-hydrogen) atoms. The van der Waals surface area contributed by atoms with Gasteiger partial charge in [-0.3, -0.25) is 29.3 Å². The van der Waals surface area contributed by atoms with Crippen LogP contribution in [0.3, 0.4) is 0 Å². The summed E-state index contributed by atoms with van der Waals surface area (Å²) in [6.45, 7) is 31.9. The Morgan fingerprint density at radius 2 is 0.823 bits per heavy atom. The van der Waals surface area contributed by atoms with Crippen LogP contribution in [0.25, 0.3) is 151 Å². The van der Waals surface area contributed by atoms with Gasteiger partial charge in [-0.05, 0) is 299 Å². The summed E-state index contributed by atoms with van der Waals surface area (Å²) in [5, 5.41) is 36.1. The number of aliphatic imine (C=N–C) groups is 1. The van der Waals surface area contributed by atoms with Crippen molar-refractivity contribution in [2.24, 2.45) is 19.1 Å². The van der Waals surface area contributed by atoms with Crippen molar-refractivity contribution in [2.45, 2.75) is 152 Å². The number of carboxylic acids is 2. The van der Waals surface area contributed by atoms with Crippen molar-refractivity contribution in [3.8, 4) is 98.9 Å². The summed E-state index contributed by atoms with van der Waals surface area (Å²) < 4.78 is 30.7. The monoisotopic (exact) mass is 1840 g/mol. The van der Waals surface area contributed by atoms with E-state index in [2.05, 4.69) is 88.4 Å². The van der Waals surface area contributed by atoms with Crippen molar-refractivity contribution in [1.29, 1.82) is 0 Å². The lowest BCUT2D eigenvalue weighted by Crippen LogP contribution is -2.29. The summed E-state index contributed by atoms with van der Waals surface area (Å²) in [5.41, 5.74) is 26.4. The van der Waals surface area contributed by atoms with Crippen LogP contribution in [0.4, 0.5) is 0 Å². The smallest absolute Gasteiger partial charge is 0.339 e. The molecule has 18 rings (SSSR count). The third-order valence-corrected chi connectivity index (χ3v) is 26.3. The Kier molecular flexibility index (Phi) is 25.7. The van der Waals surface area contributed by atoms with Gasteiger partial charge >= 0.3 is 17.9 Å². The topological polar surface area (TPSA) is 254 Å². The number of carboxylic acid groups (broad SMARTS) is 2. The van der Waals surface area contributed by atoms with Gasteiger partial charge in [-0.15, -0.1) is 34.0 Å². The van der Waals surface area contributed by atoms with Crippen molar-refractivity contribution in [3.05, 3.63) is 271 Å². The third kappa shape index (κ3) is 19.4. The zero-order valence-electron chi connectivity index (χ0n) is 75.2. The van der Waals surface area contributed by atoms with Gasteiger partial charge in [0.05, 0.1) is 94.9 Å². The highest BCUT2D eigenvalue weighted by molar-refractivity contribution is 7.23. The number of carbonyl (C=O) groups is 3. The minimum Gasteiger partial charge on any atom is -0.479 e. The molecule has 0 unspecified atom stereocenters. The van der Waals surface area contributed by atoms with Crippen molar-refractivity contribution in [1.82, 2.24) is 49.5 Å². The molecule has 9 aromatic carbocycles. The van der Waals surface area contributed by atoms with Crippen LogP contribution in [0.5, 0.6) is 0 Å². The molecule has 660 valence electrons. The van der Waals surface area contributed by atoms with Gasteiger partial charge < -0.3 is 29.2 Å². The van der Waals surface area contributed by atoms with E-state index in [1.165, 1.54) is 33.8 Å². The molecule has 3 atom stereocenters. The molecule has 0 amide bonds. The van der Waals surface area contributed by atoms with Gasteiger partial charge in [-0.1, -0.05) is 71.2 Å². The molecule has 2 N–H and O–H groups in total. The normalized spacial score (nSPS) is 12.9. The summed E-state index contributed by atoms with van der Waals surface area (Å²) in [7, 11) is 3.87. The van der Waals surface area contributed by atoms with Gasteiger partial charge in [0.15, 0.2) is 18.3 Å². The molecule has 26 heteroatoms. The van der Waals surface area contributed by atoms with E-state index in [1.807, 2.05) is 253 Å². The second kappa shape index (κ2) is 36.7. The zero-order chi connectivity index (χ0) is 92.4. The lowest BCUT2D eigenvalue weighted by Gasteiger charge is -2.29. The number of halogens is 3. The minimum absolute atomic E-state index is 0.256. The van der Waals surface area contributed by atoms with Crippen LogP contribution in [0, 0.1) is 41.5 Å². The largest absolute Gasteiger partial charge is 0.479 e. The number of esters is 1. The number of ether oxygens (including phenoxy) is 4. The van der Waals surface area contributed by atoms with Crippen LogP contribution in [0.15, 0.2) is 200 Å². The molecular formula is C104H96Cl3N11O9S3. The Morgan fingerprint density at radius 1 is 0.446 bits per heavy atom. The standard InChI is InChI=1S/C36H34ClN3O3S.2C34H31ClN4O3S/c1-7-42-35(41)32(43-36(4,5)6)30-21(3)15-29-33(31(30)22-8-10-26(37)11-9-22)44-34(40-29)23-12-13-39-28(17-23)24-14-20(2)27-19-38-18-25(27)16-24;1-18-14-26-31(28(20-7-9-24(35)10-8-20)27(18)30(33(40)41)42-34(3,4)5)43-32(37-26)21-11-12-36-25(16-21)22-13-19(2)29-23(15-22)17-39(6)38-29;1-18-14-26-31(28(20-7-9-24(35)10-8-20)27(18)30(33(40)41)42-34(3,4)5)43-32(38-26)21-11-12-36-25(16-21)22-13-19(2)29-23(15-22)17-37-39(29)6/h8-18,32H,7,19H2,1-6H3;2*7-17,30H,1-6H3,(H,40,41)/t32-;2*30-/m000/s1. The Balaban J connectivity index is 0.000000143. The van der Waals surface area contributed by atoms with Crippen LogP contribution in [-0.4, -0.2) is 107 Å². The van der Waals surface area contributed by atoms with Crippen LogP contribution in [0.1, 0.15) is 149 Å². The first-order valence-electron chi connectivity index (χ1n) is 42.5. The number of carbonyl (C=O) groups excluding carboxylic acids is 1. The molecular weight excluding hydrogens is 1750 g/mol. The predicted octanol–water partition coefficient (Wildman–Crippen LogP) is 26.9. The summed E-state index contributed by atoms with van der Waals surface area (Å²) in [6.07, 6.45) is 7.99. The Hall–Kier alpha value is -12.1. The predicted molar refractivity (Wildman–Crippen MR) is 527 cm³/mol. The molecule has 1 aliphatic heterocycles. The number of nitrogens with zero attached hydrogens (tertiary/aromatic N) is 11. The second-order valence-corrected chi connectivity index (χ2v) is 39.8. The number of rotatable bonds is 19. The average molecular weight is 1850 g/mol. The van der Waals surface area contributed by atoms with Gasteiger partial charge in [0.25, 0.3) is 0 Å². The van der Waals surface area contributed by atoms with E-state index < -0.39 is 53.0 Å². The maximum atomic E-state index is 13.4. The maximum Gasteiger partial charge on any atom is 0.339 e. The molecule has 1 aliphatic rings. The molecule has 0 saturated heterocycles. The number of hydrogen-bond donors (Lipinski definition) is 2. The quantitative estimate of drug-likeness (QED) is 0.0714. The Bertz CT molecular complexity index is 7120. The number of fused-ring (bicyclic) bond motifs is 6. The number of aliphatic carboxylic acids is 2. The third-order valence-electron chi connectivity index (χ3n) is 22.2. The van der Waals surface area contributed by atoms with Gasteiger partial charge in [-0.25, -0.2) is 29.3 Å². The van der Waals surface area contributed by atoms with Gasteiger partial charge in [0.1, 0.15) is 15.0 Å². The molecule has 8 aromatic heterocycles. The van der Waals surface area contributed by atoms with Crippen molar-refractivity contribution in [3.63, 3.8) is 0 Å². The number of thiazole rings is 3. The van der Waals surface area contributed by atoms with E-state index in [9.17, 15) is 24.6 Å². The molecule has 0 fully saturated rings. The maximum absolute atomic E-state index is 13.4. The van der Waals surface area contributed by atoms with Crippen molar-refractivity contribution < 1.29 is 43.5 Å². The van der Waals surface area contributed by atoms with E-state index in [0.717, 1.165) is 197 Å². The minimum atomic E-state index is -1.17. The summed E-state index contributed by atoms with van der Waals surface area (Å²) in [4.78, 5) is 72.4. The van der Waals surface area contributed by atoms with E-state index in [-0.39, 0.29) is 6.61 Å². The molecule has 17 aromatic rings. The number of aromatic nitrogens is 10. The van der Waals surface area contributed by atoms with Crippen LogP contribution in [0.2, 0.25) is 15.1 Å². The van der Waals surface area contributed by atoms with Crippen LogP contribution in [-0.2, 0) is 54.0 Å². The van der Waals surface area contributed by atoms with Crippen molar-refractivity contribution in [2.75, 3.05) is 6.61 Å². The van der Waals surface area contributed by atoms with E-state index in [4.69, 9.17) is 73.7 Å². The summed E-state index contributed by atoms with van der Waals surface area (Å²) >= 11 is 23.4. The lowest BCUT2D eigenvalue weighted by molar-refractivity contribution is -0.166. The summed E-state index contributed by atoms with van der Waals surface area (Å²) in [5.74, 6) is -2.51. The Labute approximate surface area is 780 Å². The molecule has 20 nitrogen and oxygen atoms in total. The Morgan fingerprint density at radius 3 is 1.22 bits per heavy atom. The number of benzene rings is 9. The first kappa shape index (κ1) is 91.2. The van der Waals surface area contributed by atoms with E-state index in [1.54, 1.807) is 30.7 Å². The van der Waals surface area contributed by atoms with Gasteiger partial charge in [0, 0.05) is 138 Å². The molecule has 0 saturated carbocycles. The van der Waals surface area contributed by atoms with Gasteiger partial charge in [-0.2, -0.15) is 10.2 Å². The van der Waals surface area contributed by atoms with Crippen LogP contribution < -0.4 is 0 Å². The molecule has 0 radical (unpaired) electrons. The highest BCUT2D eigenvalue weighted by Crippen LogP contribution is 2.50. The molecule has 0 aliphatic carbocycles. The second-order valence-electron chi connectivity index (χ2n) is 35.5.